The molecule has 0 saturated heterocycles. The van der Waals surface area contributed by atoms with Crippen molar-refractivity contribution in [2.75, 3.05) is 13.1 Å². The third kappa shape index (κ3) is 2.78. The van der Waals surface area contributed by atoms with Crippen molar-refractivity contribution < 1.29 is 0 Å². The maximum absolute atomic E-state index is 3.93. The van der Waals surface area contributed by atoms with Gasteiger partial charge in [0.15, 0.2) is 0 Å². The average molecular weight is 168 g/mol. The van der Waals surface area contributed by atoms with Crippen LogP contribution in [0.1, 0.15) is 45.4 Å². The van der Waals surface area contributed by atoms with Crippen molar-refractivity contribution >= 4 is 0 Å². The second-order valence-electron chi connectivity index (χ2n) is 3.77. The molecule has 0 unspecified atom stereocenters. The fraction of sp³-hybridized carbons (Fsp3) is 0.909. The molecule has 0 spiro atoms. The van der Waals surface area contributed by atoms with E-state index in [4.69, 9.17) is 0 Å². The second kappa shape index (κ2) is 5.58. The molecular formula is C11H22N. The van der Waals surface area contributed by atoms with Gasteiger partial charge in [0.25, 0.3) is 0 Å². The Balaban J connectivity index is 2.29. The quantitative estimate of drug-likeness (QED) is 0.624. The van der Waals surface area contributed by atoms with Crippen LogP contribution in [-0.4, -0.2) is 24.0 Å². The fourth-order valence-corrected chi connectivity index (χ4v) is 2.25. The van der Waals surface area contributed by atoms with Crippen molar-refractivity contribution in [3.05, 3.63) is 6.92 Å². The van der Waals surface area contributed by atoms with E-state index in [1.54, 1.807) is 0 Å². The molecular weight excluding hydrogens is 146 g/mol. The molecule has 1 nitrogen and oxygen atoms in total. The summed E-state index contributed by atoms with van der Waals surface area (Å²) in [5.74, 6) is 0. The molecule has 1 saturated carbocycles. The van der Waals surface area contributed by atoms with Gasteiger partial charge in [-0.3, -0.25) is 0 Å². The number of hydrogen-bond acceptors (Lipinski definition) is 1. The van der Waals surface area contributed by atoms with Gasteiger partial charge in [-0.2, -0.15) is 0 Å². The Morgan fingerprint density at radius 3 is 2.42 bits per heavy atom. The predicted octanol–water partition coefficient (Wildman–Crippen LogP) is 2.87. The maximum Gasteiger partial charge on any atom is 0.00951 e. The molecule has 1 aliphatic carbocycles. The Bertz CT molecular complexity index is 103. The molecule has 1 rings (SSSR count). The molecule has 12 heavy (non-hydrogen) atoms. The zero-order valence-electron chi connectivity index (χ0n) is 8.39. The van der Waals surface area contributed by atoms with Crippen LogP contribution in [0.3, 0.4) is 0 Å². The van der Waals surface area contributed by atoms with Gasteiger partial charge in [-0.1, -0.05) is 33.1 Å². The first-order valence-electron chi connectivity index (χ1n) is 5.41. The Morgan fingerprint density at radius 2 is 1.92 bits per heavy atom. The molecule has 0 bridgehead atoms. The van der Waals surface area contributed by atoms with Gasteiger partial charge >= 0.3 is 0 Å². The normalized spacial score (nSPS) is 20.2. The lowest BCUT2D eigenvalue weighted by Gasteiger charge is -2.33. The molecule has 0 heterocycles. The third-order valence-corrected chi connectivity index (χ3v) is 2.94. The van der Waals surface area contributed by atoms with Crippen molar-refractivity contribution in [2.24, 2.45) is 0 Å². The predicted molar refractivity (Wildman–Crippen MR) is 54.1 cm³/mol. The first-order valence-corrected chi connectivity index (χ1v) is 5.41. The summed E-state index contributed by atoms with van der Waals surface area (Å²) in [6, 6.07) is 0.880. The number of rotatable bonds is 4. The highest BCUT2D eigenvalue weighted by molar-refractivity contribution is 4.75. The highest BCUT2D eigenvalue weighted by Crippen LogP contribution is 2.22. The molecule has 0 aromatic carbocycles. The first kappa shape index (κ1) is 10.0. The van der Waals surface area contributed by atoms with Gasteiger partial charge in [0, 0.05) is 6.04 Å². The summed E-state index contributed by atoms with van der Waals surface area (Å²) in [4.78, 5) is 2.60. The summed E-state index contributed by atoms with van der Waals surface area (Å²) in [6.45, 7) is 8.60. The van der Waals surface area contributed by atoms with Crippen LogP contribution in [-0.2, 0) is 0 Å². The number of nitrogens with zero attached hydrogens (tertiary/aromatic N) is 1. The van der Waals surface area contributed by atoms with Crippen LogP contribution in [0.15, 0.2) is 0 Å². The molecule has 1 fully saturated rings. The molecule has 0 amide bonds. The minimum Gasteiger partial charge on any atom is -0.301 e. The topological polar surface area (TPSA) is 3.24 Å². The monoisotopic (exact) mass is 168 g/mol. The Morgan fingerprint density at radius 1 is 1.25 bits per heavy atom. The summed E-state index contributed by atoms with van der Waals surface area (Å²) >= 11 is 0. The molecule has 0 aliphatic heterocycles. The van der Waals surface area contributed by atoms with Crippen molar-refractivity contribution in [1.29, 1.82) is 0 Å². The minimum atomic E-state index is 0.880. The van der Waals surface area contributed by atoms with E-state index in [1.165, 1.54) is 45.2 Å². The smallest absolute Gasteiger partial charge is 0.00951 e. The van der Waals surface area contributed by atoms with E-state index in [-0.39, 0.29) is 0 Å². The Kier molecular flexibility index (Phi) is 4.67. The SMILES string of the molecule is [CH2]CCN(CC)C1CCCCC1. The lowest BCUT2D eigenvalue weighted by molar-refractivity contribution is 0.166. The van der Waals surface area contributed by atoms with Crippen LogP contribution >= 0.6 is 0 Å². The maximum atomic E-state index is 3.93. The fourth-order valence-electron chi connectivity index (χ4n) is 2.25. The number of hydrogen-bond donors (Lipinski definition) is 0. The average Bonchev–Trinajstić information content (AvgIpc) is 2.15. The van der Waals surface area contributed by atoms with E-state index >= 15 is 0 Å². The first-order chi connectivity index (χ1) is 5.88. The summed E-state index contributed by atoms with van der Waals surface area (Å²) < 4.78 is 0. The van der Waals surface area contributed by atoms with Crippen molar-refractivity contribution in [1.82, 2.24) is 4.90 Å². The third-order valence-electron chi connectivity index (χ3n) is 2.94. The summed E-state index contributed by atoms with van der Waals surface area (Å²) in [5.41, 5.74) is 0. The molecule has 0 N–H and O–H groups in total. The van der Waals surface area contributed by atoms with E-state index in [0.29, 0.717) is 0 Å². The van der Waals surface area contributed by atoms with E-state index in [1.807, 2.05) is 0 Å². The van der Waals surface area contributed by atoms with E-state index in [0.717, 1.165) is 12.5 Å². The highest BCUT2D eigenvalue weighted by Gasteiger charge is 2.18. The molecule has 71 valence electrons. The van der Waals surface area contributed by atoms with Crippen molar-refractivity contribution in [3.8, 4) is 0 Å². The van der Waals surface area contributed by atoms with Gasteiger partial charge in [-0.15, -0.1) is 0 Å². The van der Waals surface area contributed by atoms with Crippen molar-refractivity contribution in [2.45, 2.75) is 51.5 Å². The Labute approximate surface area is 77.1 Å². The van der Waals surface area contributed by atoms with Crippen LogP contribution in [0.2, 0.25) is 0 Å². The van der Waals surface area contributed by atoms with Gasteiger partial charge in [-0.05, 0) is 32.4 Å². The standard InChI is InChI=1S/C11H22N/c1-3-10-12(4-2)11-8-6-5-7-9-11/h11H,1,3-10H2,2H3. The van der Waals surface area contributed by atoms with Crippen LogP contribution in [0.25, 0.3) is 0 Å². The largest absolute Gasteiger partial charge is 0.301 e. The van der Waals surface area contributed by atoms with Crippen LogP contribution in [0.4, 0.5) is 0 Å². The summed E-state index contributed by atoms with van der Waals surface area (Å²) in [5, 5.41) is 0. The van der Waals surface area contributed by atoms with Crippen LogP contribution < -0.4 is 0 Å². The zero-order valence-corrected chi connectivity index (χ0v) is 8.39. The molecule has 1 aliphatic rings. The summed E-state index contributed by atoms with van der Waals surface area (Å²) in [6.07, 6.45) is 8.25. The van der Waals surface area contributed by atoms with Gasteiger partial charge < -0.3 is 4.90 Å². The lowest BCUT2D eigenvalue weighted by Crippen LogP contribution is -2.37. The van der Waals surface area contributed by atoms with Gasteiger partial charge in [0.2, 0.25) is 0 Å². The van der Waals surface area contributed by atoms with E-state index < -0.39 is 0 Å². The van der Waals surface area contributed by atoms with Crippen LogP contribution in [0, 0.1) is 6.92 Å². The Hall–Kier alpha value is -0.0400. The molecule has 0 aromatic rings. The van der Waals surface area contributed by atoms with Gasteiger partial charge in [0.05, 0.1) is 0 Å². The molecule has 0 aromatic heterocycles. The van der Waals surface area contributed by atoms with Gasteiger partial charge in [0.1, 0.15) is 0 Å². The van der Waals surface area contributed by atoms with Crippen molar-refractivity contribution in [3.63, 3.8) is 0 Å². The lowest BCUT2D eigenvalue weighted by atomic mass is 9.94. The van der Waals surface area contributed by atoms with E-state index in [9.17, 15) is 0 Å². The highest BCUT2D eigenvalue weighted by atomic mass is 15.1. The van der Waals surface area contributed by atoms with E-state index in [2.05, 4.69) is 18.7 Å². The van der Waals surface area contributed by atoms with Crippen LogP contribution in [0.5, 0.6) is 0 Å². The molecule has 1 heteroatoms. The molecule has 0 atom stereocenters. The zero-order chi connectivity index (χ0) is 8.81. The van der Waals surface area contributed by atoms with Gasteiger partial charge in [-0.25, -0.2) is 0 Å². The molecule has 1 radical (unpaired) electrons. The summed E-state index contributed by atoms with van der Waals surface area (Å²) in [7, 11) is 0. The second-order valence-corrected chi connectivity index (χ2v) is 3.77. The minimum absolute atomic E-state index is 0.880.